The molecular weight excluding hydrogens is 292 g/mol. The molecule has 1 saturated carbocycles. The van der Waals surface area contributed by atoms with Crippen molar-refractivity contribution in [3.63, 3.8) is 0 Å². The maximum Gasteiger partial charge on any atom is 0.191 e. The van der Waals surface area contributed by atoms with E-state index < -0.39 is 0 Å². The lowest BCUT2D eigenvalue weighted by Crippen LogP contribution is -2.28. The van der Waals surface area contributed by atoms with Crippen molar-refractivity contribution in [2.75, 3.05) is 18.8 Å². The van der Waals surface area contributed by atoms with Crippen LogP contribution in [0.1, 0.15) is 37.4 Å². The lowest BCUT2D eigenvalue weighted by molar-refractivity contribution is 0.431. The van der Waals surface area contributed by atoms with Crippen molar-refractivity contribution in [2.24, 2.45) is 5.92 Å². The van der Waals surface area contributed by atoms with Crippen LogP contribution in [0.15, 0.2) is 17.8 Å². The SMILES string of the molecule is C=CCn1c(SCC2CC2)nnc1C1CCNCC1.Cl. The van der Waals surface area contributed by atoms with E-state index in [2.05, 4.69) is 26.7 Å². The summed E-state index contributed by atoms with van der Waals surface area (Å²) in [6.07, 6.45) is 7.08. The van der Waals surface area contributed by atoms with Gasteiger partial charge in [-0.15, -0.1) is 29.2 Å². The molecule has 3 rings (SSSR count). The summed E-state index contributed by atoms with van der Waals surface area (Å²) in [5, 5.41) is 13.4. The molecule has 0 unspecified atom stereocenters. The molecule has 0 bridgehead atoms. The van der Waals surface area contributed by atoms with Crippen molar-refractivity contribution >= 4 is 24.2 Å². The predicted octanol–water partition coefficient (Wildman–Crippen LogP) is 2.86. The maximum absolute atomic E-state index is 4.47. The van der Waals surface area contributed by atoms with Crippen LogP contribution in [-0.4, -0.2) is 33.6 Å². The third kappa shape index (κ3) is 3.77. The summed E-state index contributed by atoms with van der Waals surface area (Å²) in [4.78, 5) is 0. The van der Waals surface area contributed by atoms with Gasteiger partial charge in [-0.3, -0.25) is 0 Å². The van der Waals surface area contributed by atoms with Crippen molar-refractivity contribution in [1.29, 1.82) is 0 Å². The molecule has 2 heterocycles. The molecule has 1 saturated heterocycles. The number of hydrogen-bond acceptors (Lipinski definition) is 4. The van der Waals surface area contributed by atoms with Gasteiger partial charge in [-0.1, -0.05) is 17.8 Å². The van der Waals surface area contributed by atoms with Gasteiger partial charge in [0.2, 0.25) is 0 Å². The number of thioether (sulfide) groups is 1. The van der Waals surface area contributed by atoms with Gasteiger partial charge >= 0.3 is 0 Å². The Kier molecular flexibility index (Phi) is 5.93. The average molecular weight is 315 g/mol. The first-order valence-corrected chi connectivity index (χ1v) is 8.24. The molecule has 0 amide bonds. The number of hydrogen-bond donors (Lipinski definition) is 1. The number of allylic oxidation sites excluding steroid dienone is 1. The zero-order valence-electron chi connectivity index (χ0n) is 11.8. The molecule has 112 valence electrons. The zero-order chi connectivity index (χ0) is 13.1. The number of nitrogens with zero attached hydrogens (tertiary/aromatic N) is 3. The van der Waals surface area contributed by atoms with E-state index >= 15 is 0 Å². The highest BCUT2D eigenvalue weighted by molar-refractivity contribution is 7.99. The first-order chi connectivity index (χ1) is 9.38. The predicted molar refractivity (Wildman–Crippen MR) is 85.8 cm³/mol. The number of aromatic nitrogens is 3. The van der Waals surface area contributed by atoms with Gasteiger partial charge in [-0.25, -0.2) is 0 Å². The fourth-order valence-electron chi connectivity index (χ4n) is 2.57. The molecule has 4 nitrogen and oxygen atoms in total. The van der Waals surface area contributed by atoms with E-state index in [9.17, 15) is 0 Å². The van der Waals surface area contributed by atoms with Gasteiger partial charge in [-0.2, -0.15) is 0 Å². The van der Waals surface area contributed by atoms with E-state index in [1.165, 1.54) is 37.3 Å². The zero-order valence-corrected chi connectivity index (χ0v) is 13.4. The molecule has 20 heavy (non-hydrogen) atoms. The van der Waals surface area contributed by atoms with Crippen LogP contribution < -0.4 is 5.32 Å². The summed E-state index contributed by atoms with van der Waals surface area (Å²) < 4.78 is 2.27. The first-order valence-electron chi connectivity index (χ1n) is 7.26. The second-order valence-electron chi connectivity index (χ2n) is 5.52. The van der Waals surface area contributed by atoms with Crippen molar-refractivity contribution in [3.05, 3.63) is 18.5 Å². The quantitative estimate of drug-likeness (QED) is 0.647. The monoisotopic (exact) mass is 314 g/mol. The van der Waals surface area contributed by atoms with Crippen LogP contribution in [-0.2, 0) is 6.54 Å². The Labute approximate surface area is 131 Å². The van der Waals surface area contributed by atoms with E-state index in [1.54, 1.807) is 0 Å². The fraction of sp³-hybridized carbons (Fsp3) is 0.714. The largest absolute Gasteiger partial charge is 0.317 e. The molecule has 1 aromatic rings. The molecule has 0 atom stereocenters. The van der Waals surface area contributed by atoms with Crippen LogP contribution in [0.3, 0.4) is 0 Å². The molecule has 0 radical (unpaired) electrons. The molecule has 1 aromatic heterocycles. The van der Waals surface area contributed by atoms with Crippen LogP contribution in [0.5, 0.6) is 0 Å². The Morgan fingerprint density at radius 3 is 2.65 bits per heavy atom. The van der Waals surface area contributed by atoms with Crippen LogP contribution in [0.25, 0.3) is 0 Å². The minimum atomic E-state index is 0. The number of piperidine rings is 1. The van der Waals surface area contributed by atoms with Crippen molar-refractivity contribution < 1.29 is 0 Å². The molecule has 0 spiro atoms. The minimum absolute atomic E-state index is 0. The van der Waals surface area contributed by atoms with Gasteiger partial charge in [0.25, 0.3) is 0 Å². The van der Waals surface area contributed by atoms with E-state index in [0.717, 1.165) is 30.7 Å². The van der Waals surface area contributed by atoms with Crippen molar-refractivity contribution in [3.8, 4) is 0 Å². The van der Waals surface area contributed by atoms with E-state index in [0.29, 0.717) is 5.92 Å². The topological polar surface area (TPSA) is 42.7 Å². The molecule has 1 aliphatic carbocycles. The lowest BCUT2D eigenvalue weighted by atomic mass is 9.97. The second kappa shape index (κ2) is 7.48. The van der Waals surface area contributed by atoms with E-state index in [4.69, 9.17) is 0 Å². The number of rotatable bonds is 6. The summed E-state index contributed by atoms with van der Waals surface area (Å²) in [7, 11) is 0. The van der Waals surface area contributed by atoms with Crippen molar-refractivity contribution in [1.82, 2.24) is 20.1 Å². The summed E-state index contributed by atoms with van der Waals surface area (Å²) in [5.41, 5.74) is 0. The number of halogens is 1. The van der Waals surface area contributed by atoms with Gasteiger partial charge in [0, 0.05) is 18.2 Å². The molecule has 1 aliphatic heterocycles. The Bertz CT molecular complexity index is 438. The Balaban J connectivity index is 0.00000147. The fourth-order valence-corrected chi connectivity index (χ4v) is 3.71. The van der Waals surface area contributed by atoms with Crippen LogP contribution in [0, 0.1) is 5.92 Å². The summed E-state index contributed by atoms with van der Waals surface area (Å²) in [6, 6.07) is 0. The van der Waals surface area contributed by atoms with Gasteiger partial charge in [-0.05, 0) is 44.7 Å². The number of nitrogens with one attached hydrogen (secondary N) is 1. The standard InChI is InChI=1S/C14H22N4S.ClH/c1-2-9-18-13(12-5-7-15-8-6-12)16-17-14(18)19-10-11-3-4-11;/h2,11-12,15H,1,3-10H2;1H. The van der Waals surface area contributed by atoms with Gasteiger partial charge < -0.3 is 9.88 Å². The van der Waals surface area contributed by atoms with E-state index in [1.807, 2.05) is 17.8 Å². The van der Waals surface area contributed by atoms with Gasteiger partial charge in [0.15, 0.2) is 5.16 Å². The van der Waals surface area contributed by atoms with Crippen LogP contribution >= 0.6 is 24.2 Å². The Morgan fingerprint density at radius 2 is 2.00 bits per heavy atom. The first kappa shape index (κ1) is 15.9. The lowest BCUT2D eigenvalue weighted by Gasteiger charge is -2.22. The average Bonchev–Trinajstić information content (AvgIpc) is 3.20. The third-order valence-corrected chi connectivity index (χ3v) is 5.10. The summed E-state index contributed by atoms with van der Waals surface area (Å²) in [6.45, 7) is 6.89. The van der Waals surface area contributed by atoms with E-state index in [-0.39, 0.29) is 12.4 Å². The third-order valence-electron chi connectivity index (χ3n) is 3.91. The molecule has 2 aliphatic rings. The van der Waals surface area contributed by atoms with Crippen molar-refractivity contribution in [2.45, 2.75) is 43.3 Å². The summed E-state index contributed by atoms with van der Waals surface area (Å²) >= 11 is 1.87. The Hall–Kier alpha value is -0.520. The smallest absolute Gasteiger partial charge is 0.191 e. The molecule has 2 fully saturated rings. The summed E-state index contributed by atoms with van der Waals surface area (Å²) in [5.74, 6) is 3.84. The van der Waals surface area contributed by atoms with Crippen LogP contribution in [0.4, 0.5) is 0 Å². The molecular formula is C14H23ClN4S. The Morgan fingerprint density at radius 1 is 1.25 bits per heavy atom. The second-order valence-corrected chi connectivity index (χ2v) is 6.51. The molecule has 0 aromatic carbocycles. The molecule has 6 heteroatoms. The minimum Gasteiger partial charge on any atom is -0.317 e. The highest BCUT2D eigenvalue weighted by Crippen LogP contribution is 2.35. The highest BCUT2D eigenvalue weighted by atomic mass is 35.5. The maximum atomic E-state index is 4.47. The highest BCUT2D eigenvalue weighted by Gasteiger charge is 2.25. The van der Waals surface area contributed by atoms with Gasteiger partial charge in [0.05, 0.1) is 0 Å². The molecule has 1 N–H and O–H groups in total. The normalized spacial score (nSPS) is 19.6. The van der Waals surface area contributed by atoms with Gasteiger partial charge in [0.1, 0.15) is 5.82 Å². The van der Waals surface area contributed by atoms with Crippen LogP contribution in [0.2, 0.25) is 0 Å².